The molecule has 1 amide bonds. The molecule has 1 fully saturated rings. The summed E-state index contributed by atoms with van der Waals surface area (Å²) in [7, 11) is 0. The zero-order chi connectivity index (χ0) is 12.3. The molecule has 0 radical (unpaired) electrons. The van der Waals surface area contributed by atoms with Crippen LogP contribution in [0.15, 0.2) is 41.5 Å². The van der Waals surface area contributed by atoms with Crippen LogP contribution in [0.1, 0.15) is 6.92 Å². The first-order chi connectivity index (χ1) is 8.24. The average molecular weight is 265 g/mol. The summed E-state index contributed by atoms with van der Waals surface area (Å²) < 4.78 is 5.66. The Kier molecular flexibility index (Phi) is 3.81. The van der Waals surface area contributed by atoms with Gasteiger partial charge in [-0.25, -0.2) is 0 Å². The number of benzene rings is 1. The molecular weight excluding hydrogens is 254 g/mol. The normalized spacial score (nSPS) is 17.9. The molecule has 1 aromatic carbocycles. The molecule has 0 unspecified atom stereocenters. The van der Waals surface area contributed by atoms with Crippen LogP contribution in [0.5, 0.6) is 0 Å². The smallest absolute Gasteiger partial charge is 0.273 e. The Labute approximate surface area is 109 Å². The Morgan fingerprint density at radius 2 is 2.12 bits per heavy atom. The van der Waals surface area contributed by atoms with E-state index < -0.39 is 0 Å². The molecule has 1 saturated heterocycles. The molecule has 17 heavy (non-hydrogen) atoms. The minimum atomic E-state index is -0.125. The van der Waals surface area contributed by atoms with E-state index in [1.165, 1.54) is 22.9 Å². The lowest BCUT2D eigenvalue weighted by Gasteiger charge is -2.13. The summed E-state index contributed by atoms with van der Waals surface area (Å²) >= 11 is 6.46. The van der Waals surface area contributed by atoms with Crippen molar-refractivity contribution in [3.05, 3.63) is 41.5 Å². The number of amides is 1. The van der Waals surface area contributed by atoms with Gasteiger partial charge in [0.2, 0.25) is 0 Å². The SMILES string of the molecule is CCO/C=C1\SC(=S)N(c2ccccc2)C1=O. The van der Waals surface area contributed by atoms with E-state index in [-0.39, 0.29) is 5.91 Å². The molecule has 88 valence electrons. The van der Waals surface area contributed by atoms with Crippen molar-refractivity contribution >= 4 is 39.9 Å². The zero-order valence-corrected chi connectivity index (χ0v) is 10.9. The van der Waals surface area contributed by atoms with Crippen LogP contribution < -0.4 is 4.90 Å². The maximum Gasteiger partial charge on any atom is 0.273 e. The van der Waals surface area contributed by atoms with Gasteiger partial charge >= 0.3 is 0 Å². The Morgan fingerprint density at radius 3 is 2.76 bits per heavy atom. The zero-order valence-electron chi connectivity index (χ0n) is 9.25. The summed E-state index contributed by atoms with van der Waals surface area (Å²) in [5.41, 5.74) is 0.787. The summed E-state index contributed by atoms with van der Waals surface area (Å²) in [6, 6.07) is 9.36. The Bertz CT molecular complexity index is 471. The summed E-state index contributed by atoms with van der Waals surface area (Å²) in [5, 5.41) is 0. The third kappa shape index (κ3) is 2.50. The molecule has 2 rings (SSSR count). The number of nitrogens with zero attached hydrogens (tertiary/aromatic N) is 1. The van der Waals surface area contributed by atoms with Gasteiger partial charge in [0, 0.05) is 0 Å². The van der Waals surface area contributed by atoms with Crippen LogP contribution in [0, 0.1) is 0 Å². The minimum Gasteiger partial charge on any atom is -0.500 e. The second-order valence-electron chi connectivity index (χ2n) is 3.28. The highest BCUT2D eigenvalue weighted by atomic mass is 32.2. The van der Waals surface area contributed by atoms with E-state index in [1.54, 1.807) is 0 Å². The van der Waals surface area contributed by atoms with E-state index in [4.69, 9.17) is 17.0 Å². The Morgan fingerprint density at radius 1 is 1.41 bits per heavy atom. The molecule has 0 aliphatic carbocycles. The quantitative estimate of drug-likeness (QED) is 0.477. The average Bonchev–Trinajstić information content (AvgIpc) is 2.63. The first kappa shape index (κ1) is 12.1. The molecule has 0 bridgehead atoms. The van der Waals surface area contributed by atoms with E-state index in [0.717, 1.165) is 5.69 Å². The van der Waals surface area contributed by atoms with Crippen LogP contribution >= 0.6 is 24.0 Å². The van der Waals surface area contributed by atoms with Gasteiger partial charge in [0.25, 0.3) is 5.91 Å². The number of thiocarbonyl (C=S) groups is 1. The van der Waals surface area contributed by atoms with Crippen LogP contribution in [-0.4, -0.2) is 16.8 Å². The molecule has 1 heterocycles. The lowest BCUT2D eigenvalue weighted by molar-refractivity contribution is -0.113. The van der Waals surface area contributed by atoms with Gasteiger partial charge in [-0.2, -0.15) is 0 Å². The number of hydrogen-bond donors (Lipinski definition) is 0. The molecule has 3 nitrogen and oxygen atoms in total. The topological polar surface area (TPSA) is 29.5 Å². The fourth-order valence-corrected chi connectivity index (χ4v) is 2.63. The second-order valence-corrected chi connectivity index (χ2v) is 4.96. The van der Waals surface area contributed by atoms with Gasteiger partial charge in [0.15, 0.2) is 4.32 Å². The lowest BCUT2D eigenvalue weighted by atomic mass is 10.3. The van der Waals surface area contributed by atoms with E-state index in [2.05, 4.69) is 0 Å². The number of hydrogen-bond acceptors (Lipinski definition) is 4. The molecular formula is C12H11NO2S2. The molecule has 0 aromatic heterocycles. The van der Waals surface area contributed by atoms with E-state index >= 15 is 0 Å². The largest absolute Gasteiger partial charge is 0.500 e. The van der Waals surface area contributed by atoms with E-state index in [9.17, 15) is 4.79 Å². The van der Waals surface area contributed by atoms with Crippen molar-refractivity contribution in [3.63, 3.8) is 0 Å². The molecule has 5 heteroatoms. The summed E-state index contributed by atoms with van der Waals surface area (Å²) in [6.07, 6.45) is 1.47. The van der Waals surface area contributed by atoms with Crippen molar-refractivity contribution in [1.82, 2.24) is 0 Å². The van der Waals surface area contributed by atoms with E-state index in [0.29, 0.717) is 15.8 Å². The van der Waals surface area contributed by atoms with Gasteiger partial charge in [-0.1, -0.05) is 42.2 Å². The molecule has 0 spiro atoms. The first-order valence-electron chi connectivity index (χ1n) is 5.17. The van der Waals surface area contributed by atoms with Crippen molar-refractivity contribution < 1.29 is 9.53 Å². The van der Waals surface area contributed by atoms with Crippen LogP contribution in [-0.2, 0) is 9.53 Å². The van der Waals surface area contributed by atoms with Crippen molar-refractivity contribution in [1.29, 1.82) is 0 Å². The monoisotopic (exact) mass is 265 g/mol. The fraction of sp³-hybridized carbons (Fsp3) is 0.167. The maximum atomic E-state index is 12.1. The van der Waals surface area contributed by atoms with Gasteiger partial charge in [-0.05, 0) is 19.1 Å². The van der Waals surface area contributed by atoms with Crippen LogP contribution in [0.3, 0.4) is 0 Å². The Balaban J connectivity index is 2.26. The number of rotatable bonds is 3. The van der Waals surface area contributed by atoms with Crippen LogP contribution in [0.4, 0.5) is 5.69 Å². The highest BCUT2D eigenvalue weighted by Gasteiger charge is 2.33. The van der Waals surface area contributed by atoms with Crippen LogP contribution in [0.2, 0.25) is 0 Å². The minimum absolute atomic E-state index is 0.125. The van der Waals surface area contributed by atoms with Gasteiger partial charge in [0.05, 0.1) is 12.3 Å². The van der Waals surface area contributed by atoms with Crippen molar-refractivity contribution in [2.45, 2.75) is 6.92 Å². The predicted octanol–water partition coefficient (Wildman–Crippen LogP) is 2.93. The van der Waals surface area contributed by atoms with Crippen molar-refractivity contribution in [2.24, 2.45) is 0 Å². The molecule has 1 aliphatic rings. The number of anilines is 1. The summed E-state index contributed by atoms with van der Waals surface area (Å²) in [5.74, 6) is -0.125. The highest BCUT2D eigenvalue weighted by Crippen LogP contribution is 2.34. The standard InChI is InChI=1S/C12H11NO2S2/c1-2-15-8-10-11(14)13(12(16)17-10)9-6-4-3-5-7-9/h3-8H,2H2,1H3/b10-8-. The molecule has 0 atom stereocenters. The number of carbonyl (C=O) groups is 1. The summed E-state index contributed by atoms with van der Waals surface area (Å²) in [6.45, 7) is 2.41. The maximum absolute atomic E-state index is 12.1. The number of ether oxygens (including phenoxy) is 1. The van der Waals surface area contributed by atoms with Gasteiger partial charge in [-0.15, -0.1) is 0 Å². The van der Waals surface area contributed by atoms with Gasteiger partial charge < -0.3 is 4.74 Å². The molecule has 0 N–H and O–H groups in total. The van der Waals surface area contributed by atoms with Crippen LogP contribution in [0.25, 0.3) is 0 Å². The molecule has 0 saturated carbocycles. The fourth-order valence-electron chi connectivity index (χ4n) is 1.41. The summed E-state index contributed by atoms with van der Waals surface area (Å²) in [4.78, 5) is 14.1. The van der Waals surface area contributed by atoms with Crippen molar-refractivity contribution in [3.8, 4) is 0 Å². The Hall–Kier alpha value is -1.33. The van der Waals surface area contributed by atoms with E-state index in [1.807, 2.05) is 37.3 Å². The second kappa shape index (κ2) is 5.33. The first-order valence-corrected chi connectivity index (χ1v) is 6.39. The van der Waals surface area contributed by atoms with Crippen molar-refractivity contribution in [2.75, 3.05) is 11.5 Å². The third-order valence-corrected chi connectivity index (χ3v) is 3.45. The molecule has 1 aromatic rings. The molecule has 1 aliphatic heterocycles. The number of thioether (sulfide) groups is 1. The third-order valence-electron chi connectivity index (χ3n) is 2.17. The van der Waals surface area contributed by atoms with Gasteiger partial charge in [-0.3, -0.25) is 9.69 Å². The number of carbonyl (C=O) groups excluding carboxylic acids is 1. The lowest BCUT2D eigenvalue weighted by Crippen LogP contribution is -2.27. The predicted molar refractivity (Wildman–Crippen MR) is 73.8 cm³/mol. The number of para-hydroxylation sites is 1. The van der Waals surface area contributed by atoms with Gasteiger partial charge in [0.1, 0.15) is 11.2 Å². The highest BCUT2D eigenvalue weighted by molar-refractivity contribution is 8.27.